The van der Waals surface area contributed by atoms with Gasteiger partial charge in [-0.25, -0.2) is 13.8 Å². The van der Waals surface area contributed by atoms with E-state index in [1.807, 2.05) is 0 Å². The maximum atomic E-state index is 12.3. The molecule has 72 valence electrons. The molecule has 1 rings (SSSR count). The molecule has 0 N–H and O–H groups in total. The minimum Gasteiger partial charge on any atom is -0.480 e. The molecule has 1 aromatic rings. The van der Waals surface area contributed by atoms with Crippen LogP contribution in [0.2, 0.25) is 5.02 Å². The van der Waals surface area contributed by atoms with Crippen molar-refractivity contribution >= 4 is 34.2 Å². The summed E-state index contributed by atoms with van der Waals surface area (Å²) in [7, 11) is 1.38. The number of hydrogen-bond donors (Lipinski definition) is 0. The molecule has 13 heavy (non-hydrogen) atoms. The summed E-state index contributed by atoms with van der Waals surface area (Å²) < 4.78 is 29.6. The Bertz CT molecular complexity index is 322. The summed E-state index contributed by atoms with van der Waals surface area (Å²) in [6, 6.07) is 1.17. The smallest absolute Gasteiger partial charge is 0.266 e. The number of nitrogens with zero attached hydrogens (tertiary/aromatic N) is 1. The fourth-order valence-electron chi connectivity index (χ4n) is 0.761. The van der Waals surface area contributed by atoms with Crippen LogP contribution in [0.5, 0.6) is 5.88 Å². The minimum atomic E-state index is -2.57. The molecule has 1 aromatic heterocycles. The predicted molar refractivity (Wildman–Crippen MR) is 53.5 cm³/mol. The number of alkyl halides is 2. The van der Waals surface area contributed by atoms with Gasteiger partial charge in [0, 0.05) is 0 Å². The Labute approximate surface area is 92.4 Å². The molecule has 0 bridgehead atoms. The van der Waals surface area contributed by atoms with Crippen molar-refractivity contribution in [2.24, 2.45) is 0 Å². The van der Waals surface area contributed by atoms with Gasteiger partial charge < -0.3 is 4.74 Å². The van der Waals surface area contributed by atoms with Crippen LogP contribution in [0.15, 0.2) is 6.07 Å². The molecule has 0 saturated carbocycles. The number of aromatic nitrogens is 1. The van der Waals surface area contributed by atoms with Gasteiger partial charge >= 0.3 is 0 Å². The monoisotopic (exact) mass is 319 g/mol. The summed E-state index contributed by atoms with van der Waals surface area (Å²) in [6.07, 6.45) is -2.57. The molecule has 0 aliphatic carbocycles. The number of pyridine rings is 1. The standard InChI is InChI=1S/C7H5ClF2INO/c1-13-7-4(8)2-3(5(9)10)6(11)12-7/h2,5H,1H3. The maximum absolute atomic E-state index is 12.3. The Morgan fingerprint density at radius 3 is 2.69 bits per heavy atom. The molecule has 0 spiro atoms. The summed E-state index contributed by atoms with van der Waals surface area (Å²) in [5, 5.41) is 0.0956. The van der Waals surface area contributed by atoms with E-state index in [4.69, 9.17) is 16.3 Å². The lowest BCUT2D eigenvalue weighted by Crippen LogP contribution is -1.97. The second-order valence-corrected chi connectivity index (χ2v) is 3.59. The van der Waals surface area contributed by atoms with Crippen LogP contribution in [0.1, 0.15) is 12.0 Å². The normalized spacial score (nSPS) is 10.6. The van der Waals surface area contributed by atoms with Crippen LogP contribution in [0.4, 0.5) is 8.78 Å². The molecule has 1 heterocycles. The molecule has 0 aliphatic heterocycles. The predicted octanol–water partition coefficient (Wildman–Crippen LogP) is 3.29. The highest BCUT2D eigenvalue weighted by atomic mass is 127. The van der Waals surface area contributed by atoms with E-state index in [0.717, 1.165) is 0 Å². The zero-order valence-corrected chi connectivity index (χ0v) is 9.44. The van der Waals surface area contributed by atoms with Crippen molar-refractivity contribution in [3.8, 4) is 5.88 Å². The highest BCUT2D eigenvalue weighted by Crippen LogP contribution is 2.30. The average Bonchev–Trinajstić information content (AvgIpc) is 2.07. The Hall–Kier alpha value is -0.170. The molecule has 0 radical (unpaired) electrons. The first-order valence-corrected chi connectivity index (χ1v) is 4.70. The van der Waals surface area contributed by atoms with Gasteiger partial charge in [-0.3, -0.25) is 0 Å². The molecule has 0 fully saturated rings. The molecular formula is C7H5ClF2INO. The van der Waals surface area contributed by atoms with Gasteiger partial charge in [0.15, 0.2) is 0 Å². The lowest BCUT2D eigenvalue weighted by Gasteiger charge is -2.06. The third kappa shape index (κ3) is 2.40. The van der Waals surface area contributed by atoms with Crippen molar-refractivity contribution in [2.75, 3.05) is 7.11 Å². The number of methoxy groups -OCH3 is 1. The van der Waals surface area contributed by atoms with Crippen LogP contribution in [0.25, 0.3) is 0 Å². The van der Waals surface area contributed by atoms with Crippen molar-refractivity contribution < 1.29 is 13.5 Å². The van der Waals surface area contributed by atoms with Crippen molar-refractivity contribution in [1.82, 2.24) is 4.98 Å². The van der Waals surface area contributed by atoms with Crippen molar-refractivity contribution in [2.45, 2.75) is 6.43 Å². The first kappa shape index (κ1) is 10.9. The van der Waals surface area contributed by atoms with E-state index in [-0.39, 0.29) is 20.2 Å². The molecule has 0 unspecified atom stereocenters. The van der Waals surface area contributed by atoms with E-state index < -0.39 is 6.43 Å². The Kier molecular flexibility index (Phi) is 3.66. The summed E-state index contributed by atoms with van der Waals surface area (Å²) in [6.45, 7) is 0. The molecule has 0 atom stereocenters. The Balaban J connectivity index is 3.20. The van der Waals surface area contributed by atoms with Crippen molar-refractivity contribution in [1.29, 1.82) is 0 Å². The van der Waals surface area contributed by atoms with Gasteiger partial charge in [0.2, 0.25) is 5.88 Å². The second kappa shape index (κ2) is 4.36. The fourth-order valence-corrected chi connectivity index (χ4v) is 1.61. The molecule has 0 amide bonds. The zero-order chi connectivity index (χ0) is 10.0. The molecule has 6 heteroatoms. The van der Waals surface area contributed by atoms with Crippen LogP contribution in [-0.2, 0) is 0 Å². The Morgan fingerprint density at radius 2 is 2.23 bits per heavy atom. The summed E-state index contributed by atoms with van der Waals surface area (Å²) >= 11 is 7.33. The van der Waals surface area contributed by atoms with E-state index in [1.54, 1.807) is 22.6 Å². The lowest BCUT2D eigenvalue weighted by atomic mass is 10.3. The first-order valence-electron chi connectivity index (χ1n) is 3.24. The van der Waals surface area contributed by atoms with Gasteiger partial charge in [0.05, 0.1) is 12.7 Å². The number of hydrogen-bond acceptors (Lipinski definition) is 2. The van der Waals surface area contributed by atoms with Gasteiger partial charge in [0.25, 0.3) is 6.43 Å². The topological polar surface area (TPSA) is 22.1 Å². The van der Waals surface area contributed by atoms with Crippen LogP contribution in [0.3, 0.4) is 0 Å². The average molecular weight is 319 g/mol. The number of ether oxygens (including phenoxy) is 1. The third-order valence-corrected chi connectivity index (χ3v) is 2.49. The fraction of sp³-hybridized carbons (Fsp3) is 0.286. The molecule has 0 aliphatic rings. The van der Waals surface area contributed by atoms with Crippen LogP contribution in [-0.4, -0.2) is 12.1 Å². The molecule has 0 saturated heterocycles. The summed E-state index contributed by atoms with van der Waals surface area (Å²) in [5.41, 5.74) is -0.175. The number of rotatable bonds is 2. The molecular weight excluding hydrogens is 314 g/mol. The summed E-state index contributed by atoms with van der Waals surface area (Å²) in [4.78, 5) is 3.76. The molecule has 2 nitrogen and oxygen atoms in total. The first-order chi connectivity index (χ1) is 6.06. The molecule has 0 aromatic carbocycles. The van der Waals surface area contributed by atoms with E-state index in [0.29, 0.717) is 0 Å². The van der Waals surface area contributed by atoms with E-state index >= 15 is 0 Å². The van der Waals surface area contributed by atoms with Gasteiger partial charge in [0.1, 0.15) is 8.72 Å². The highest BCUT2D eigenvalue weighted by Gasteiger charge is 2.16. The van der Waals surface area contributed by atoms with E-state index in [1.165, 1.54) is 13.2 Å². The van der Waals surface area contributed by atoms with Crippen LogP contribution < -0.4 is 4.74 Å². The second-order valence-electron chi connectivity index (χ2n) is 2.16. The van der Waals surface area contributed by atoms with Gasteiger partial charge in [-0.2, -0.15) is 0 Å². The third-order valence-electron chi connectivity index (χ3n) is 1.35. The van der Waals surface area contributed by atoms with E-state index in [9.17, 15) is 8.78 Å². The lowest BCUT2D eigenvalue weighted by molar-refractivity contribution is 0.149. The maximum Gasteiger partial charge on any atom is 0.266 e. The quantitative estimate of drug-likeness (QED) is 0.616. The largest absolute Gasteiger partial charge is 0.480 e. The van der Waals surface area contributed by atoms with E-state index in [2.05, 4.69) is 4.98 Å². The van der Waals surface area contributed by atoms with Gasteiger partial charge in [-0.1, -0.05) is 11.6 Å². The zero-order valence-electron chi connectivity index (χ0n) is 6.52. The van der Waals surface area contributed by atoms with Crippen LogP contribution in [0, 0.1) is 3.70 Å². The van der Waals surface area contributed by atoms with Gasteiger partial charge in [-0.15, -0.1) is 0 Å². The highest BCUT2D eigenvalue weighted by molar-refractivity contribution is 14.1. The van der Waals surface area contributed by atoms with Gasteiger partial charge in [-0.05, 0) is 28.7 Å². The minimum absolute atomic E-state index is 0.0956. The SMILES string of the molecule is COc1nc(I)c(C(F)F)cc1Cl. The van der Waals surface area contributed by atoms with Crippen molar-refractivity contribution in [3.05, 3.63) is 20.4 Å². The van der Waals surface area contributed by atoms with Crippen molar-refractivity contribution in [3.63, 3.8) is 0 Å². The van der Waals surface area contributed by atoms with Crippen LogP contribution >= 0.6 is 34.2 Å². The Morgan fingerprint density at radius 1 is 1.62 bits per heavy atom. The number of halogens is 4. The summed E-state index contributed by atoms with van der Waals surface area (Å²) in [5.74, 6) is 0.162.